The summed E-state index contributed by atoms with van der Waals surface area (Å²) in [5, 5.41) is 7.39. The third-order valence-electron chi connectivity index (χ3n) is 5.01. The monoisotopic (exact) mass is 334 g/mol. The highest BCUT2D eigenvalue weighted by Crippen LogP contribution is 2.29. The fourth-order valence-electron chi connectivity index (χ4n) is 3.26. The molecule has 1 fully saturated rings. The number of rotatable bonds is 6. The van der Waals surface area contributed by atoms with E-state index >= 15 is 0 Å². The fraction of sp³-hybridized carbons (Fsp3) is 0.706. The van der Waals surface area contributed by atoms with Gasteiger partial charge < -0.3 is 15.0 Å². The molecule has 0 spiro atoms. The maximum absolute atomic E-state index is 12.4. The molecule has 1 N–H and O–H groups in total. The molecule has 1 saturated carbocycles. The average molecular weight is 334 g/mol. The molecule has 1 atom stereocenters. The van der Waals surface area contributed by atoms with Crippen molar-refractivity contribution in [2.75, 3.05) is 13.7 Å². The molecule has 1 aliphatic heterocycles. The molecule has 1 unspecified atom stereocenters. The highest BCUT2D eigenvalue weighted by molar-refractivity contribution is 5.80. The van der Waals surface area contributed by atoms with Crippen LogP contribution in [0.15, 0.2) is 6.07 Å². The van der Waals surface area contributed by atoms with E-state index in [0.717, 1.165) is 37.3 Å². The van der Waals surface area contributed by atoms with Crippen molar-refractivity contribution >= 4 is 11.8 Å². The van der Waals surface area contributed by atoms with Crippen LogP contribution in [0.4, 0.5) is 0 Å². The van der Waals surface area contributed by atoms with Crippen LogP contribution >= 0.6 is 0 Å². The number of carbonyl (C=O) groups excluding carboxylic acids is 2. The molecule has 3 rings (SSSR count). The van der Waals surface area contributed by atoms with E-state index in [1.165, 1.54) is 13.5 Å². The number of nitrogens with one attached hydrogen (secondary N) is 1. The van der Waals surface area contributed by atoms with Gasteiger partial charge in [-0.2, -0.15) is 5.10 Å². The highest BCUT2D eigenvalue weighted by Gasteiger charge is 2.31. The third kappa shape index (κ3) is 3.45. The van der Waals surface area contributed by atoms with Gasteiger partial charge in [0.2, 0.25) is 11.8 Å². The molecule has 24 heavy (non-hydrogen) atoms. The van der Waals surface area contributed by atoms with Crippen LogP contribution < -0.4 is 5.32 Å². The smallest absolute Gasteiger partial charge is 0.249 e. The van der Waals surface area contributed by atoms with Crippen molar-refractivity contribution in [2.45, 2.75) is 58.3 Å². The number of hydrogen-bond donors (Lipinski definition) is 1. The van der Waals surface area contributed by atoms with Gasteiger partial charge in [-0.05, 0) is 25.3 Å². The Bertz CT molecular complexity index is 605. The first-order valence-corrected chi connectivity index (χ1v) is 8.77. The van der Waals surface area contributed by atoms with Crippen molar-refractivity contribution in [3.63, 3.8) is 0 Å². The number of methoxy groups -OCH3 is 1. The lowest BCUT2D eigenvalue weighted by Gasteiger charge is -2.34. The zero-order chi connectivity index (χ0) is 17.1. The molecule has 1 aromatic heterocycles. The molecular weight excluding hydrogens is 308 g/mol. The number of carbonyl (C=O) groups is 2. The van der Waals surface area contributed by atoms with E-state index in [9.17, 15) is 9.59 Å². The second-order valence-electron chi connectivity index (χ2n) is 6.59. The molecule has 7 nitrogen and oxygen atoms in total. The standard InChI is InChI=1S/C17H26N4O3/c1-3-15(24-2)16(22)18-10-13-9-14-11-20(7-8-21(14)19-13)17(23)12-5-4-6-12/h9,12,15H,3-8,10-11H2,1-2H3,(H,18,22). The molecule has 1 aliphatic carbocycles. The minimum absolute atomic E-state index is 0.118. The largest absolute Gasteiger partial charge is 0.372 e. The third-order valence-corrected chi connectivity index (χ3v) is 5.01. The Morgan fingerprint density at radius 3 is 2.83 bits per heavy atom. The first kappa shape index (κ1) is 17.0. The molecule has 0 aromatic carbocycles. The van der Waals surface area contributed by atoms with Gasteiger partial charge in [-0.3, -0.25) is 14.3 Å². The van der Waals surface area contributed by atoms with Crippen molar-refractivity contribution in [3.05, 3.63) is 17.5 Å². The van der Waals surface area contributed by atoms with E-state index in [-0.39, 0.29) is 17.7 Å². The van der Waals surface area contributed by atoms with E-state index in [4.69, 9.17) is 4.74 Å². The molecule has 7 heteroatoms. The Morgan fingerprint density at radius 1 is 1.42 bits per heavy atom. The molecule has 132 valence electrons. The van der Waals surface area contributed by atoms with E-state index < -0.39 is 6.10 Å². The summed E-state index contributed by atoms with van der Waals surface area (Å²) >= 11 is 0. The van der Waals surface area contributed by atoms with E-state index in [0.29, 0.717) is 19.5 Å². The summed E-state index contributed by atoms with van der Waals surface area (Å²) in [5.74, 6) is 0.403. The molecule has 2 aliphatic rings. The lowest BCUT2D eigenvalue weighted by Crippen LogP contribution is -2.43. The molecule has 2 heterocycles. The Kier molecular flexibility index (Phi) is 5.18. The second kappa shape index (κ2) is 7.34. The first-order valence-electron chi connectivity index (χ1n) is 8.77. The van der Waals surface area contributed by atoms with Crippen molar-refractivity contribution in [1.29, 1.82) is 0 Å². The molecular formula is C17H26N4O3. The Morgan fingerprint density at radius 2 is 2.21 bits per heavy atom. The van der Waals surface area contributed by atoms with Gasteiger partial charge in [0.1, 0.15) is 6.10 Å². The number of amides is 2. The number of nitrogens with zero attached hydrogens (tertiary/aromatic N) is 3. The van der Waals surface area contributed by atoms with Gasteiger partial charge in [0, 0.05) is 19.6 Å². The van der Waals surface area contributed by atoms with Crippen molar-refractivity contribution in [1.82, 2.24) is 20.0 Å². The maximum Gasteiger partial charge on any atom is 0.249 e. The Labute approximate surface area is 142 Å². The van der Waals surface area contributed by atoms with E-state index in [2.05, 4.69) is 10.4 Å². The van der Waals surface area contributed by atoms with Gasteiger partial charge in [-0.25, -0.2) is 0 Å². The lowest BCUT2D eigenvalue weighted by molar-refractivity contribution is -0.139. The van der Waals surface area contributed by atoms with Gasteiger partial charge >= 0.3 is 0 Å². The van der Waals surface area contributed by atoms with Crippen LogP contribution in [0.2, 0.25) is 0 Å². The van der Waals surface area contributed by atoms with Gasteiger partial charge in [-0.15, -0.1) is 0 Å². The molecule has 0 radical (unpaired) electrons. The van der Waals surface area contributed by atoms with Crippen LogP contribution in [0.25, 0.3) is 0 Å². The number of fused-ring (bicyclic) bond motifs is 1. The van der Waals surface area contributed by atoms with Gasteiger partial charge in [0.25, 0.3) is 0 Å². The van der Waals surface area contributed by atoms with Crippen LogP contribution in [0.1, 0.15) is 44.0 Å². The predicted molar refractivity (Wildman–Crippen MR) is 87.9 cm³/mol. The van der Waals surface area contributed by atoms with E-state index in [1.807, 2.05) is 22.6 Å². The Hall–Kier alpha value is -1.89. The number of ether oxygens (including phenoxy) is 1. The van der Waals surface area contributed by atoms with Crippen LogP contribution in [0.3, 0.4) is 0 Å². The van der Waals surface area contributed by atoms with Crippen LogP contribution in [-0.4, -0.2) is 46.3 Å². The zero-order valence-electron chi connectivity index (χ0n) is 14.5. The highest BCUT2D eigenvalue weighted by atomic mass is 16.5. The van der Waals surface area contributed by atoms with E-state index in [1.54, 1.807) is 0 Å². The number of hydrogen-bond acceptors (Lipinski definition) is 4. The summed E-state index contributed by atoms with van der Waals surface area (Å²) in [5.41, 5.74) is 1.86. The van der Waals surface area contributed by atoms with Crippen LogP contribution in [-0.2, 0) is 34.0 Å². The average Bonchev–Trinajstić information content (AvgIpc) is 2.94. The Balaban J connectivity index is 1.57. The maximum atomic E-state index is 12.4. The zero-order valence-corrected chi connectivity index (χ0v) is 14.5. The quantitative estimate of drug-likeness (QED) is 0.844. The normalized spacial score (nSPS) is 18.7. The van der Waals surface area contributed by atoms with Crippen LogP contribution in [0.5, 0.6) is 0 Å². The first-order chi connectivity index (χ1) is 11.6. The lowest BCUT2D eigenvalue weighted by atomic mass is 9.84. The number of aromatic nitrogens is 2. The topological polar surface area (TPSA) is 76.5 Å². The summed E-state index contributed by atoms with van der Waals surface area (Å²) in [6.45, 7) is 4.35. The summed E-state index contributed by atoms with van der Waals surface area (Å²) in [4.78, 5) is 26.3. The summed E-state index contributed by atoms with van der Waals surface area (Å²) < 4.78 is 7.07. The molecule has 0 bridgehead atoms. The molecule has 2 amide bonds. The van der Waals surface area contributed by atoms with Gasteiger partial charge in [0.15, 0.2) is 0 Å². The molecule has 0 saturated heterocycles. The summed E-state index contributed by atoms with van der Waals surface area (Å²) in [6, 6.07) is 1.98. The second-order valence-corrected chi connectivity index (χ2v) is 6.59. The fourth-order valence-corrected chi connectivity index (χ4v) is 3.26. The molecule has 1 aromatic rings. The van der Waals surface area contributed by atoms with Crippen LogP contribution in [0, 0.1) is 5.92 Å². The van der Waals surface area contributed by atoms with Crippen molar-refractivity contribution in [2.24, 2.45) is 5.92 Å². The summed E-state index contributed by atoms with van der Waals surface area (Å²) in [6.07, 6.45) is 3.46. The van der Waals surface area contributed by atoms with Gasteiger partial charge in [-0.1, -0.05) is 13.3 Å². The minimum Gasteiger partial charge on any atom is -0.372 e. The van der Waals surface area contributed by atoms with Crippen molar-refractivity contribution in [3.8, 4) is 0 Å². The SMILES string of the molecule is CCC(OC)C(=O)NCc1cc2n(n1)CCN(C(=O)C1CCC1)C2. The summed E-state index contributed by atoms with van der Waals surface area (Å²) in [7, 11) is 1.54. The minimum atomic E-state index is -0.419. The van der Waals surface area contributed by atoms with Crippen molar-refractivity contribution < 1.29 is 14.3 Å². The van der Waals surface area contributed by atoms with Gasteiger partial charge in [0.05, 0.1) is 31.0 Å². The predicted octanol–water partition coefficient (Wildman–Crippen LogP) is 1.07.